The average molecular weight is 305 g/mol. The molecule has 1 radical (unpaired) electrons. The number of ketones is 1. The summed E-state index contributed by atoms with van der Waals surface area (Å²) in [6, 6.07) is 9.35. The summed E-state index contributed by atoms with van der Waals surface area (Å²) in [5, 5.41) is 0. The molecule has 0 bridgehead atoms. The van der Waals surface area contributed by atoms with E-state index in [1.165, 1.54) is 0 Å². The van der Waals surface area contributed by atoms with Gasteiger partial charge in [0.2, 0.25) is 0 Å². The quantitative estimate of drug-likeness (QED) is 0.629. The molecule has 1 aliphatic heterocycles. The van der Waals surface area contributed by atoms with Crippen molar-refractivity contribution in [2.45, 2.75) is 12.8 Å². The van der Waals surface area contributed by atoms with E-state index in [0.29, 0.717) is 13.1 Å². The number of likely N-dealkylation sites (tertiary alicyclic amines) is 1. The Morgan fingerprint density at radius 3 is 2.29 bits per heavy atom. The van der Waals surface area contributed by atoms with E-state index in [9.17, 15) is 9.59 Å². The molecule has 0 spiro atoms. The summed E-state index contributed by atoms with van der Waals surface area (Å²) in [5.74, 6) is 0.262. The number of rotatable bonds is 3. The van der Waals surface area contributed by atoms with Gasteiger partial charge in [0, 0.05) is 44.2 Å². The summed E-state index contributed by atoms with van der Waals surface area (Å²) in [5.41, 5.74) is 0.774. The van der Waals surface area contributed by atoms with Crippen LogP contribution < -0.4 is 0 Å². The largest absolute Gasteiger partial charge is 0.520 e. The molecule has 2 rings (SSSR count). The Morgan fingerprint density at radius 2 is 1.76 bits per heavy atom. The molecule has 0 saturated carbocycles. The second-order valence-electron chi connectivity index (χ2n) is 4.08. The molecule has 1 heterocycles. The van der Waals surface area contributed by atoms with Crippen LogP contribution in [0.25, 0.3) is 0 Å². The summed E-state index contributed by atoms with van der Waals surface area (Å²) in [4.78, 5) is 24.1. The summed E-state index contributed by atoms with van der Waals surface area (Å²) >= 11 is 0. The van der Waals surface area contributed by atoms with Crippen LogP contribution in [0.1, 0.15) is 23.2 Å². The van der Waals surface area contributed by atoms with E-state index in [0.717, 1.165) is 18.4 Å². The average Bonchev–Trinajstić information content (AvgIpc) is 2.39. The molecule has 4 heteroatoms. The standard InChI is InChI=1S/C13H14NO2.Y/c15-10-14-8-6-12(7-9-14)13(16)11-4-2-1-3-5-11;/h1-5,12H,6-9H2;/q-1;. The van der Waals surface area contributed by atoms with Gasteiger partial charge in [-0.15, -0.1) is 0 Å². The third-order valence-electron chi connectivity index (χ3n) is 3.05. The van der Waals surface area contributed by atoms with Crippen LogP contribution in [0.3, 0.4) is 0 Å². The number of hydrogen-bond donors (Lipinski definition) is 0. The molecule has 87 valence electrons. The summed E-state index contributed by atoms with van der Waals surface area (Å²) in [7, 11) is 0. The van der Waals surface area contributed by atoms with Gasteiger partial charge in [-0.1, -0.05) is 30.3 Å². The van der Waals surface area contributed by atoms with Crippen LogP contribution in [0.15, 0.2) is 30.3 Å². The van der Waals surface area contributed by atoms with Gasteiger partial charge in [0.1, 0.15) is 0 Å². The zero-order chi connectivity index (χ0) is 11.4. The molecule has 0 N–H and O–H groups in total. The van der Waals surface area contributed by atoms with Crippen molar-refractivity contribution in [1.82, 2.24) is 4.90 Å². The fourth-order valence-electron chi connectivity index (χ4n) is 2.07. The van der Waals surface area contributed by atoms with Gasteiger partial charge in [0.05, 0.1) is 0 Å². The van der Waals surface area contributed by atoms with Crippen LogP contribution in [0.5, 0.6) is 0 Å². The van der Waals surface area contributed by atoms with Crippen molar-refractivity contribution in [3.05, 3.63) is 35.9 Å². The first-order valence-electron chi connectivity index (χ1n) is 5.53. The van der Waals surface area contributed by atoms with E-state index in [2.05, 4.69) is 0 Å². The van der Waals surface area contributed by atoms with Crippen molar-refractivity contribution in [3.8, 4) is 0 Å². The summed E-state index contributed by atoms with van der Waals surface area (Å²) < 4.78 is 0. The molecule has 1 aromatic rings. The first kappa shape index (κ1) is 14.5. The zero-order valence-corrected chi connectivity index (χ0v) is 12.5. The van der Waals surface area contributed by atoms with Crippen LogP contribution in [0.2, 0.25) is 0 Å². The van der Waals surface area contributed by atoms with Crippen LogP contribution in [-0.2, 0) is 37.5 Å². The van der Waals surface area contributed by atoms with Gasteiger partial charge >= 0.3 is 0 Å². The Morgan fingerprint density at radius 1 is 1.18 bits per heavy atom. The van der Waals surface area contributed by atoms with E-state index < -0.39 is 0 Å². The minimum absolute atomic E-state index is 0. The number of hydrogen-bond acceptors (Lipinski definition) is 2. The number of carbonyl (C=O) groups excluding carboxylic acids is 2. The predicted molar refractivity (Wildman–Crippen MR) is 60.8 cm³/mol. The number of amides is 1. The van der Waals surface area contributed by atoms with Crippen LogP contribution in [-0.4, -0.2) is 30.2 Å². The van der Waals surface area contributed by atoms with Gasteiger partial charge in [-0.25, -0.2) is 0 Å². The number of piperidine rings is 1. The van der Waals surface area contributed by atoms with Crippen LogP contribution in [0, 0.1) is 5.92 Å². The number of carbonyl (C=O) groups is 1. The van der Waals surface area contributed by atoms with Crippen molar-refractivity contribution >= 4 is 12.2 Å². The van der Waals surface area contributed by atoms with Gasteiger partial charge in [-0.2, -0.15) is 6.41 Å². The molecule has 1 amide bonds. The third-order valence-corrected chi connectivity index (χ3v) is 3.05. The topological polar surface area (TPSA) is 37.4 Å². The van der Waals surface area contributed by atoms with Gasteiger partial charge in [0.15, 0.2) is 5.78 Å². The number of nitrogens with zero attached hydrogens (tertiary/aromatic N) is 1. The Bertz CT molecular complexity index is 372. The minimum Gasteiger partial charge on any atom is -0.520 e. The molecule has 0 aromatic heterocycles. The van der Waals surface area contributed by atoms with E-state index >= 15 is 0 Å². The maximum Gasteiger partial charge on any atom is 0.166 e. The van der Waals surface area contributed by atoms with Gasteiger partial charge in [-0.3, -0.25) is 4.79 Å². The molecule has 1 aromatic carbocycles. The van der Waals surface area contributed by atoms with Gasteiger partial charge < -0.3 is 9.69 Å². The molecule has 3 nitrogen and oxygen atoms in total. The fraction of sp³-hybridized carbons (Fsp3) is 0.385. The van der Waals surface area contributed by atoms with Crippen LogP contribution in [0.4, 0.5) is 0 Å². The Labute approximate surface area is 126 Å². The minimum atomic E-state index is 0. The van der Waals surface area contributed by atoms with Crippen molar-refractivity contribution in [2.75, 3.05) is 13.1 Å². The third kappa shape index (κ3) is 3.72. The summed E-state index contributed by atoms with van der Waals surface area (Å²) in [6.07, 6.45) is 3.38. The predicted octanol–water partition coefficient (Wildman–Crippen LogP) is 1.65. The van der Waals surface area contributed by atoms with Crippen molar-refractivity contribution in [1.29, 1.82) is 0 Å². The second-order valence-corrected chi connectivity index (χ2v) is 4.08. The molecule has 1 aliphatic rings. The smallest absolute Gasteiger partial charge is 0.166 e. The Balaban J connectivity index is 0.00000144. The molecular weight excluding hydrogens is 291 g/mol. The van der Waals surface area contributed by atoms with Crippen LogP contribution >= 0.6 is 0 Å². The molecule has 0 atom stereocenters. The number of benzene rings is 1. The maximum absolute atomic E-state index is 12.1. The molecule has 1 saturated heterocycles. The van der Waals surface area contributed by atoms with E-state index in [1.807, 2.05) is 36.7 Å². The second kappa shape index (κ2) is 7.02. The van der Waals surface area contributed by atoms with Crippen molar-refractivity contribution in [2.24, 2.45) is 5.92 Å². The molecule has 17 heavy (non-hydrogen) atoms. The maximum atomic E-state index is 12.1. The van der Waals surface area contributed by atoms with Crippen molar-refractivity contribution in [3.63, 3.8) is 0 Å². The monoisotopic (exact) mass is 305 g/mol. The normalized spacial score (nSPS) is 16.1. The summed E-state index contributed by atoms with van der Waals surface area (Å²) in [6.45, 7) is 1.29. The Hall–Kier alpha value is -0.536. The van der Waals surface area contributed by atoms with Crippen molar-refractivity contribution < 1.29 is 42.3 Å². The molecular formula is C13H14NO2Y-. The zero-order valence-electron chi connectivity index (χ0n) is 9.63. The molecule has 1 fully saturated rings. The van der Waals surface area contributed by atoms with Gasteiger partial charge in [-0.05, 0) is 25.9 Å². The van der Waals surface area contributed by atoms with E-state index in [4.69, 9.17) is 0 Å². The molecule has 0 unspecified atom stereocenters. The van der Waals surface area contributed by atoms with E-state index in [-0.39, 0.29) is 44.4 Å². The molecule has 0 aliphatic carbocycles. The first-order chi connectivity index (χ1) is 7.81. The SMILES string of the molecule is O=[C-]N1CCC(C(=O)c2ccccc2)CC1.[Y]. The van der Waals surface area contributed by atoms with Gasteiger partial charge in [0.25, 0.3) is 0 Å². The fourth-order valence-corrected chi connectivity index (χ4v) is 2.07. The number of Topliss-reactive ketones (excluding diaryl/α,β-unsaturated/α-hetero) is 1. The van der Waals surface area contributed by atoms with E-state index in [1.54, 1.807) is 4.90 Å². The first-order valence-corrected chi connectivity index (χ1v) is 5.53. The Kier molecular flexibility index (Phi) is 6.00.